The van der Waals surface area contributed by atoms with Crippen LogP contribution in [-0.4, -0.2) is 13.1 Å². The number of anilines is 4. The highest BCUT2D eigenvalue weighted by atomic mass is 15.1. The fourth-order valence-corrected chi connectivity index (χ4v) is 4.49. The van der Waals surface area contributed by atoms with E-state index in [0.29, 0.717) is 0 Å². The molecule has 4 rings (SSSR count). The largest absolute Gasteiger partial charge is 0.372 e. The summed E-state index contributed by atoms with van der Waals surface area (Å²) in [7, 11) is 0. The van der Waals surface area contributed by atoms with Crippen LogP contribution in [0.4, 0.5) is 22.7 Å². The second-order valence-corrected chi connectivity index (χ2v) is 9.13. The summed E-state index contributed by atoms with van der Waals surface area (Å²) in [6.07, 6.45) is 0.944. The van der Waals surface area contributed by atoms with Crippen molar-refractivity contribution in [1.29, 1.82) is 0 Å². The van der Waals surface area contributed by atoms with E-state index in [4.69, 9.17) is 0 Å². The topological polar surface area (TPSA) is 6.48 Å². The van der Waals surface area contributed by atoms with Gasteiger partial charge in [-0.05, 0) is 106 Å². The van der Waals surface area contributed by atoms with E-state index in [-0.39, 0.29) is 0 Å². The van der Waals surface area contributed by atoms with Crippen molar-refractivity contribution in [3.05, 3.63) is 119 Å². The van der Waals surface area contributed by atoms with Gasteiger partial charge in [0.05, 0.1) is 0 Å². The molecule has 0 aliphatic rings. The molecule has 34 heavy (non-hydrogen) atoms. The molecule has 0 unspecified atom stereocenters. The highest BCUT2D eigenvalue weighted by Crippen LogP contribution is 2.36. The van der Waals surface area contributed by atoms with Crippen molar-refractivity contribution in [3.63, 3.8) is 0 Å². The van der Waals surface area contributed by atoms with Gasteiger partial charge in [-0.25, -0.2) is 0 Å². The van der Waals surface area contributed by atoms with Gasteiger partial charge in [0.1, 0.15) is 0 Å². The molecular formula is C32H36N2. The van der Waals surface area contributed by atoms with Gasteiger partial charge in [-0.1, -0.05) is 53.6 Å². The summed E-state index contributed by atoms with van der Waals surface area (Å²) in [4.78, 5) is 4.73. The maximum absolute atomic E-state index is 2.38. The molecular weight excluding hydrogens is 412 g/mol. The number of aryl methyl sites for hydroxylation is 3. The van der Waals surface area contributed by atoms with Gasteiger partial charge in [-0.3, -0.25) is 0 Å². The van der Waals surface area contributed by atoms with Crippen LogP contribution < -0.4 is 9.80 Å². The highest BCUT2D eigenvalue weighted by molar-refractivity contribution is 5.77. The average Bonchev–Trinajstić information content (AvgIpc) is 2.85. The van der Waals surface area contributed by atoms with Gasteiger partial charge in [-0.15, -0.1) is 0 Å². The minimum absolute atomic E-state index is 0.944. The quantitative estimate of drug-likeness (QED) is 0.266. The van der Waals surface area contributed by atoms with Gasteiger partial charge in [-0.2, -0.15) is 0 Å². The number of hydrogen-bond donors (Lipinski definition) is 0. The van der Waals surface area contributed by atoms with Crippen molar-refractivity contribution in [2.45, 2.75) is 41.0 Å². The average molecular weight is 449 g/mol. The number of hydrogen-bond acceptors (Lipinski definition) is 2. The van der Waals surface area contributed by atoms with Gasteiger partial charge in [0.25, 0.3) is 0 Å². The van der Waals surface area contributed by atoms with E-state index >= 15 is 0 Å². The lowest BCUT2D eigenvalue weighted by atomic mass is 9.99. The lowest BCUT2D eigenvalue weighted by Gasteiger charge is -2.26. The van der Waals surface area contributed by atoms with Crippen molar-refractivity contribution in [3.8, 4) is 0 Å². The van der Waals surface area contributed by atoms with Gasteiger partial charge in [0.2, 0.25) is 0 Å². The van der Waals surface area contributed by atoms with Gasteiger partial charge in [0, 0.05) is 35.8 Å². The molecule has 0 bridgehead atoms. The summed E-state index contributed by atoms with van der Waals surface area (Å²) in [5.74, 6) is 0. The van der Waals surface area contributed by atoms with Crippen LogP contribution in [0.5, 0.6) is 0 Å². The second-order valence-electron chi connectivity index (χ2n) is 9.13. The molecule has 0 radical (unpaired) electrons. The van der Waals surface area contributed by atoms with E-state index in [1.807, 2.05) is 0 Å². The Morgan fingerprint density at radius 2 is 1.00 bits per heavy atom. The van der Waals surface area contributed by atoms with Crippen LogP contribution in [0.2, 0.25) is 0 Å². The summed E-state index contributed by atoms with van der Waals surface area (Å²) in [5.41, 5.74) is 11.4. The van der Waals surface area contributed by atoms with Crippen molar-refractivity contribution in [2.24, 2.45) is 0 Å². The highest BCUT2D eigenvalue weighted by Gasteiger charge is 2.14. The summed E-state index contributed by atoms with van der Waals surface area (Å²) < 4.78 is 0. The molecule has 0 N–H and O–H groups in total. The summed E-state index contributed by atoms with van der Waals surface area (Å²) in [6.45, 7) is 13.0. The minimum atomic E-state index is 0.944. The summed E-state index contributed by atoms with van der Waals surface area (Å²) >= 11 is 0. The molecule has 0 aliphatic heterocycles. The molecule has 2 heteroatoms. The fourth-order valence-electron chi connectivity index (χ4n) is 4.49. The number of nitrogens with zero attached hydrogens (tertiary/aromatic N) is 2. The molecule has 4 aromatic carbocycles. The lowest BCUT2D eigenvalue weighted by molar-refractivity contribution is 0.866. The first-order valence-corrected chi connectivity index (χ1v) is 12.4. The molecule has 2 nitrogen and oxygen atoms in total. The maximum atomic E-state index is 2.38. The van der Waals surface area contributed by atoms with Crippen molar-refractivity contribution >= 4 is 22.7 Å². The molecule has 0 saturated carbocycles. The Bertz CT molecular complexity index is 1160. The first-order chi connectivity index (χ1) is 16.5. The molecule has 0 fully saturated rings. The van der Waals surface area contributed by atoms with E-state index in [2.05, 4.69) is 135 Å². The molecule has 174 valence electrons. The molecule has 0 heterocycles. The van der Waals surface area contributed by atoms with Gasteiger partial charge in [0.15, 0.2) is 0 Å². The van der Waals surface area contributed by atoms with E-state index in [9.17, 15) is 0 Å². The van der Waals surface area contributed by atoms with Crippen LogP contribution in [0.3, 0.4) is 0 Å². The Kier molecular flexibility index (Phi) is 7.37. The van der Waals surface area contributed by atoms with Crippen LogP contribution in [0.25, 0.3) is 0 Å². The Morgan fingerprint density at radius 3 is 1.47 bits per heavy atom. The zero-order valence-electron chi connectivity index (χ0n) is 21.2. The number of benzene rings is 4. The SMILES string of the molecule is CCN(CC)c1ccc(Cc2ccc(N(c3ccc(C)cc3)c3ccc(C)cc3)cc2C)cc1. The van der Waals surface area contributed by atoms with Gasteiger partial charge < -0.3 is 9.80 Å². The molecule has 0 saturated heterocycles. The predicted octanol–water partition coefficient (Wildman–Crippen LogP) is 8.52. The zero-order chi connectivity index (χ0) is 24.1. The van der Waals surface area contributed by atoms with Crippen LogP contribution in [0.15, 0.2) is 91.0 Å². The Hall–Kier alpha value is -3.52. The van der Waals surface area contributed by atoms with E-state index in [1.54, 1.807) is 0 Å². The van der Waals surface area contributed by atoms with Crippen LogP contribution in [0.1, 0.15) is 41.7 Å². The van der Waals surface area contributed by atoms with Crippen LogP contribution >= 0.6 is 0 Å². The standard InChI is InChI=1S/C32H36N2/c1-6-33(7-2)29-19-12-27(13-20-29)23-28-14-21-32(22-26(28)5)34(30-15-8-24(3)9-16-30)31-17-10-25(4)11-18-31/h8-22H,6-7,23H2,1-5H3. The fraction of sp³-hybridized carbons (Fsp3) is 0.250. The normalized spacial score (nSPS) is 10.9. The van der Waals surface area contributed by atoms with Crippen molar-refractivity contribution in [2.75, 3.05) is 22.9 Å². The Labute approximate surface area is 205 Å². The first kappa shape index (κ1) is 23.6. The van der Waals surface area contributed by atoms with Crippen LogP contribution in [-0.2, 0) is 6.42 Å². The molecule has 0 amide bonds. The molecule has 0 atom stereocenters. The van der Waals surface area contributed by atoms with E-state index in [0.717, 1.165) is 19.5 Å². The zero-order valence-corrected chi connectivity index (χ0v) is 21.2. The Balaban J connectivity index is 1.63. The minimum Gasteiger partial charge on any atom is -0.372 e. The lowest BCUT2D eigenvalue weighted by Crippen LogP contribution is -2.21. The molecule has 0 spiro atoms. The number of rotatable bonds is 8. The van der Waals surface area contributed by atoms with Crippen molar-refractivity contribution in [1.82, 2.24) is 0 Å². The Morgan fingerprint density at radius 1 is 0.529 bits per heavy atom. The van der Waals surface area contributed by atoms with E-state index in [1.165, 1.54) is 50.6 Å². The van der Waals surface area contributed by atoms with Crippen molar-refractivity contribution < 1.29 is 0 Å². The van der Waals surface area contributed by atoms with E-state index < -0.39 is 0 Å². The summed E-state index contributed by atoms with van der Waals surface area (Å²) in [6, 6.07) is 33.4. The van der Waals surface area contributed by atoms with Gasteiger partial charge >= 0.3 is 0 Å². The molecule has 0 aromatic heterocycles. The maximum Gasteiger partial charge on any atom is 0.0464 e. The smallest absolute Gasteiger partial charge is 0.0464 e. The van der Waals surface area contributed by atoms with Crippen LogP contribution in [0, 0.1) is 20.8 Å². The monoisotopic (exact) mass is 448 g/mol. The molecule has 4 aromatic rings. The third-order valence-electron chi connectivity index (χ3n) is 6.63. The third-order valence-corrected chi connectivity index (χ3v) is 6.63. The first-order valence-electron chi connectivity index (χ1n) is 12.4. The third kappa shape index (κ3) is 5.34. The predicted molar refractivity (Wildman–Crippen MR) is 148 cm³/mol. The summed E-state index contributed by atoms with van der Waals surface area (Å²) in [5, 5.41) is 0. The second kappa shape index (κ2) is 10.6. The molecule has 0 aliphatic carbocycles.